The Hall–Kier alpha value is -1.51. The average Bonchev–Trinajstić information content (AvgIpc) is 2.40. The first-order valence-corrected chi connectivity index (χ1v) is 6.87. The van der Waals surface area contributed by atoms with Crippen molar-refractivity contribution in [1.29, 1.82) is 0 Å². The van der Waals surface area contributed by atoms with Crippen molar-refractivity contribution in [2.24, 2.45) is 5.73 Å². The summed E-state index contributed by atoms with van der Waals surface area (Å²) in [7, 11) is 0. The third-order valence-corrected chi connectivity index (χ3v) is 3.76. The minimum absolute atomic E-state index is 0.218. The number of hydrogen-bond acceptors (Lipinski definition) is 2. The first-order valence-electron chi connectivity index (χ1n) is 6.49. The molecule has 0 aliphatic heterocycles. The van der Waals surface area contributed by atoms with Crippen molar-refractivity contribution in [2.75, 3.05) is 0 Å². The molecule has 2 nitrogen and oxygen atoms in total. The zero-order chi connectivity index (χ0) is 13.2. The monoisotopic (exact) mass is 273 g/mol. The Balaban J connectivity index is 1.78. The van der Waals surface area contributed by atoms with Crippen LogP contribution in [0, 0.1) is 0 Å². The van der Waals surface area contributed by atoms with Crippen LogP contribution in [0.4, 0.5) is 0 Å². The first kappa shape index (κ1) is 12.5. The summed E-state index contributed by atoms with van der Waals surface area (Å²) in [5.41, 5.74) is 8.00. The molecule has 0 aromatic heterocycles. The Morgan fingerprint density at radius 1 is 1.00 bits per heavy atom. The average molecular weight is 274 g/mol. The van der Waals surface area contributed by atoms with E-state index in [0.29, 0.717) is 5.02 Å². The number of halogens is 1. The summed E-state index contributed by atoms with van der Waals surface area (Å²) in [5.74, 6) is 0.748. The van der Waals surface area contributed by atoms with E-state index < -0.39 is 0 Å². The molecule has 3 heteroatoms. The molecule has 0 bridgehead atoms. The molecular formula is C16H16ClNO. The van der Waals surface area contributed by atoms with E-state index in [9.17, 15) is 0 Å². The van der Waals surface area contributed by atoms with Crippen molar-refractivity contribution < 1.29 is 4.74 Å². The summed E-state index contributed by atoms with van der Waals surface area (Å²) < 4.78 is 5.83. The highest BCUT2D eigenvalue weighted by atomic mass is 35.5. The third-order valence-electron chi connectivity index (χ3n) is 3.46. The Labute approximate surface area is 118 Å². The molecule has 0 spiro atoms. The van der Waals surface area contributed by atoms with Crippen LogP contribution in [-0.4, -0.2) is 12.1 Å². The van der Waals surface area contributed by atoms with Crippen molar-refractivity contribution >= 4 is 11.6 Å². The molecule has 1 aliphatic rings. The standard InChI is InChI=1S/C16H16ClNO/c17-15-8-12(11-4-2-1-3-5-11)6-7-16(15)19-14-9-13(18)10-14/h1-8,13-14H,9-10,18H2. The molecule has 1 aliphatic carbocycles. The van der Waals surface area contributed by atoms with Crippen LogP contribution in [0.15, 0.2) is 48.5 Å². The molecule has 0 saturated heterocycles. The Morgan fingerprint density at radius 2 is 1.74 bits per heavy atom. The molecule has 0 heterocycles. The lowest BCUT2D eigenvalue weighted by atomic mass is 9.90. The molecule has 2 N–H and O–H groups in total. The van der Waals surface area contributed by atoms with Gasteiger partial charge in [0.15, 0.2) is 0 Å². The number of benzene rings is 2. The maximum atomic E-state index is 6.28. The number of ether oxygens (including phenoxy) is 1. The van der Waals surface area contributed by atoms with E-state index in [1.165, 1.54) is 0 Å². The van der Waals surface area contributed by atoms with Crippen LogP contribution in [0.25, 0.3) is 11.1 Å². The fourth-order valence-corrected chi connectivity index (χ4v) is 2.51. The van der Waals surface area contributed by atoms with Gasteiger partial charge in [-0.2, -0.15) is 0 Å². The second-order valence-corrected chi connectivity index (χ2v) is 5.39. The van der Waals surface area contributed by atoms with Crippen LogP contribution < -0.4 is 10.5 Å². The molecule has 0 unspecified atom stereocenters. The highest BCUT2D eigenvalue weighted by Crippen LogP contribution is 2.33. The van der Waals surface area contributed by atoms with E-state index in [2.05, 4.69) is 12.1 Å². The summed E-state index contributed by atoms with van der Waals surface area (Å²) >= 11 is 6.28. The molecule has 2 aromatic rings. The fraction of sp³-hybridized carbons (Fsp3) is 0.250. The highest BCUT2D eigenvalue weighted by molar-refractivity contribution is 6.32. The SMILES string of the molecule is NC1CC(Oc2ccc(-c3ccccc3)cc2Cl)C1. The van der Waals surface area contributed by atoms with Gasteiger partial charge in [0.05, 0.1) is 5.02 Å². The maximum Gasteiger partial charge on any atom is 0.138 e. The van der Waals surface area contributed by atoms with Crippen LogP contribution in [-0.2, 0) is 0 Å². The molecule has 19 heavy (non-hydrogen) atoms. The lowest BCUT2D eigenvalue weighted by molar-refractivity contribution is 0.101. The van der Waals surface area contributed by atoms with Crippen LogP contribution in [0.5, 0.6) is 5.75 Å². The minimum atomic E-state index is 0.218. The third kappa shape index (κ3) is 2.75. The van der Waals surface area contributed by atoms with Gasteiger partial charge in [-0.1, -0.05) is 48.0 Å². The molecule has 0 radical (unpaired) electrons. The van der Waals surface area contributed by atoms with Crippen LogP contribution in [0.1, 0.15) is 12.8 Å². The van der Waals surface area contributed by atoms with E-state index in [1.807, 2.05) is 36.4 Å². The summed E-state index contributed by atoms with van der Waals surface area (Å²) in [4.78, 5) is 0. The molecule has 1 saturated carbocycles. The predicted molar refractivity (Wildman–Crippen MR) is 78.5 cm³/mol. The maximum absolute atomic E-state index is 6.28. The first-order chi connectivity index (χ1) is 9.22. The van der Waals surface area contributed by atoms with Gasteiger partial charge in [-0.3, -0.25) is 0 Å². The topological polar surface area (TPSA) is 35.2 Å². The molecule has 0 amide bonds. The van der Waals surface area contributed by atoms with Gasteiger partial charge in [-0.15, -0.1) is 0 Å². The van der Waals surface area contributed by atoms with Crippen LogP contribution >= 0.6 is 11.6 Å². The molecular weight excluding hydrogens is 258 g/mol. The lowest BCUT2D eigenvalue weighted by Crippen LogP contribution is -2.43. The quantitative estimate of drug-likeness (QED) is 0.921. The summed E-state index contributed by atoms with van der Waals surface area (Å²) in [6.07, 6.45) is 2.04. The van der Waals surface area contributed by atoms with E-state index in [1.54, 1.807) is 0 Å². The Kier molecular flexibility index (Phi) is 3.45. The van der Waals surface area contributed by atoms with E-state index >= 15 is 0 Å². The number of nitrogens with two attached hydrogens (primary N) is 1. The van der Waals surface area contributed by atoms with Gasteiger partial charge < -0.3 is 10.5 Å². The summed E-state index contributed by atoms with van der Waals surface area (Å²) in [6.45, 7) is 0. The van der Waals surface area contributed by atoms with Crippen molar-refractivity contribution in [1.82, 2.24) is 0 Å². The fourth-order valence-electron chi connectivity index (χ4n) is 2.29. The number of hydrogen-bond donors (Lipinski definition) is 1. The van der Waals surface area contributed by atoms with Gasteiger partial charge in [-0.05, 0) is 36.1 Å². The van der Waals surface area contributed by atoms with Gasteiger partial charge >= 0.3 is 0 Å². The summed E-state index contributed by atoms with van der Waals surface area (Å²) in [6, 6.07) is 16.4. The molecule has 1 fully saturated rings. The van der Waals surface area contributed by atoms with Gasteiger partial charge in [0.1, 0.15) is 11.9 Å². The second-order valence-electron chi connectivity index (χ2n) is 4.98. The van der Waals surface area contributed by atoms with Crippen LogP contribution in [0.3, 0.4) is 0 Å². The molecule has 98 valence electrons. The van der Waals surface area contributed by atoms with Gasteiger partial charge in [-0.25, -0.2) is 0 Å². The zero-order valence-electron chi connectivity index (χ0n) is 10.6. The lowest BCUT2D eigenvalue weighted by Gasteiger charge is -2.32. The summed E-state index contributed by atoms with van der Waals surface area (Å²) in [5, 5.41) is 0.654. The Bertz CT molecular complexity index is 564. The van der Waals surface area contributed by atoms with E-state index in [-0.39, 0.29) is 12.1 Å². The normalized spacial score (nSPS) is 21.8. The molecule has 2 aromatic carbocycles. The van der Waals surface area contributed by atoms with E-state index in [4.69, 9.17) is 22.1 Å². The van der Waals surface area contributed by atoms with Gasteiger partial charge in [0, 0.05) is 6.04 Å². The van der Waals surface area contributed by atoms with Crippen LogP contribution in [0.2, 0.25) is 5.02 Å². The predicted octanol–water partition coefficient (Wildman–Crippen LogP) is 3.88. The highest BCUT2D eigenvalue weighted by Gasteiger charge is 2.28. The molecule has 3 rings (SSSR count). The second kappa shape index (κ2) is 5.24. The van der Waals surface area contributed by atoms with E-state index in [0.717, 1.165) is 29.7 Å². The largest absolute Gasteiger partial charge is 0.489 e. The van der Waals surface area contributed by atoms with Crippen molar-refractivity contribution in [2.45, 2.75) is 25.0 Å². The minimum Gasteiger partial charge on any atom is -0.489 e. The van der Waals surface area contributed by atoms with Crippen molar-refractivity contribution in [3.05, 3.63) is 53.6 Å². The van der Waals surface area contributed by atoms with Crippen molar-refractivity contribution in [3.63, 3.8) is 0 Å². The molecule has 0 atom stereocenters. The van der Waals surface area contributed by atoms with Gasteiger partial charge in [0.2, 0.25) is 0 Å². The smallest absolute Gasteiger partial charge is 0.138 e. The van der Waals surface area contributed by atoms with Crippen molar-refractivity contribution in [3.8, 4) is 16.9 Å². The van der Waals surface area contributed by atoms with Gasteiger partial charge in [0.25, 0.3) is 0 Å². The zero-order valence-corrected chi connectivity index (χ0v) is 11.3. The Morgan fingerprint density at radius 3 is 2.37 bits per heavy atom. The number of rotatable bonds is 3.